The zero-order valence-electron chi connectivity index (χ0n) is 12.8. The summed E-state index contributed by atoms with van der Waals surface area (Å²) in [4.78, 5) is 15.8. The fourth-order valence-corrected chi connectivity index (χ4v) is 3.86. The second-order valence-corrected chi connectivity index (χ2v) is 8.18. The van der Waals surface area contributed by atoms with Gasteiger partial charge in [0.2, 0.25) is 0 Å². The van der Waals surface area contributed by atoms with Gasteiger partial charge >= 0.3 is 0 Å². The van der Waals surface area contributed by atoms with Gasteiger partial charge < -0.3 is 11.5 Å². The molecule has 22 heavy (non-hydrogen) atoms. The summed E-state index contributed by atoms with van der Waals surface area (Å²) in [6, 6.07) is 3.08. The lowest BCUT2D eigenvalue weighted by Gasteiger charge is -2.27. The van der Waals surface area contributed by atoms with Gasteiger partial charge in [-0.1, -0.05) is 19.1 Å². The molecule has 0 saturated heterocycles. The molecule has 1 aromatic rings. The van der Waals surface area contributed by atoms with Gasteiger partial charge in [0.25, 0.3) is 5.91 Å². The number of rotatable bonds is 2. The van der Waals surface area contributed by atoms with E-state index in [1.165, 1.54) is 6.07 Å². The Kier molecular flexibility index (Phi) is 3.87. The molecule has 1 aliphatic heterocycles. The minimum Gasteiger partial charge on any atom is -0.370 e. The molecule has 0 aliphatic carbocycles. The molecule has 1 heterocycles. The first-order valence-corrected chi connectivity index (χ1v) is 8.33. The summed E-state index contributed by atoms with van der Waals surface area (Å²) in [7, 11) is -3.58. The molecule has 7 heteroatoms. The maximum absolute atomic E-state index is 12.7. The first kappa shape index (κ1) is 16.2. The highest BCUT2D eigenvalue weighted by Gasteiger charge is 2.38. The van der Waals surface area contributed by atoms with Crippen molar-refractivity contribution in [1.82, 2.24) is 0 Å². The number of aryl methyl sites for hydroxylation is 1. The van der Waals surface area contributed by atoms with Crippen molar-refractivity contribution in [1.29, 1.82) is 0 Å². The molecule has 0 aromatic heterocycles. The van der Waals surface area contributed by atoms with E-state index in [-0.39, 0.29) is 16.4 Å². The third-order valence-corrected chi connectivity index (χ3v) is 6.18. The number of hydrogen-bond donors (Lipinski definition) is 2. The van der Waals surface area contributed by atoms with Crippen LogP contribution in [0.1, 0.15) is 42.3 Å². The lowest BCUT2D eigenvalue weighted by molar-refractivity contribution is 0.100. The number of fused-ring (bicyclic) bond motifs is 1. The molecule has 0 bridgehead atoms. The molecule has 1 amide bonds. The van der Waals surface area contributed by atoms with Gasteiger partial charge in [0.1, 0.15) is 0 Å². The predicted molar refractivity (Wildman–Crippen MR) is 86.3 cm³/mol. The lowest BCUT2D eigenvalue weighted by Crippen LogP contribution is -2.32. The van der Waals surface area contributed by atoms with Gasteiger partial charge in [-0.15, -0.1) is 0 Å². The Bertz CT molecular complexity index is 802. The van der Waals surface area contributed by atoms with Crippen LogP contribution in [0.2, 0.25) is 0 Å². The van der Waals surface area contributed by atoms with E-state index in [1.807, 2.05) is 6.92 Å². The highest BCUT2D eigenvalue weighted by molar-refractivity contribution is 7.93. The van der Waals surface area contributed by atoms with Gasteiger partial charge in [-0.05, 0) is 43.5 Å². The molecule has 6 nitrogen and oxygen atoms in total. The zero-order valence-corrected chi connectivity index (χ0v) is 13.6. The van der Waals surface area contributed by atoms with Crippen LogP contribution in [0.4, 0.5) is 0 Å². The number of nitrogens with two attached hydrogens (primary N) is 2. The summed E-state index contributed by atoms with van der Waals surface area (Å²) in [5.74, 6) is -0.991. The van der Waals surface area contributed by atoms with Gasteiger partial charge in [-0.25, -0.2) is 8.42 Å². The van der Waals surface area contributed by atoms with Crippen molar-refractivity contribution in [3.05, 3.63) is 34.9 Å². The van der Waals surface area contributed by atoms with Crippen molar-refractivity contribution in [2.24, 2.45) is 16.5 Å². The molecular weight excluding hydrogens is 302 g/mol. The van der Waals surface area contributed by atoms with Crippen LogP contribution < -0.4 is 11.5 Å². The summed E-state index contributed by atoms with van der Waals surface area (Å²) in [6.07, 6.45) is 3.98. The van der Waals surface area contributed by atoms with Crippen LogP contribution in [0.5, 0.6) is 0 Å². The summed E-state index contributed by atoms with van der Waals surface area (Å²) in [5.41, 5.74) is 12.0. The lowest BCUT2D eigenvalue weighted by atomic mass is 9.99. The van der Waals surface area contributed by atoms with Crippen molar-refractivity contribution < 1.29 is 13.2 Å². The molecule has 1 aromatic carbocycles. The van der Waals surface area contributed by atoms with Crippen LogP contribution in [-0.2, 0) is 16.3 Å². The Morgan fingerprint density at radius 3 is 2.45 bits per heavy atom. The van der Waals surface area contributed by atoms with Gasteiger partial charge in [0.05, 0.1) is 9.64 Å². The summed E-state index contributed by atoms with van der Waals surface area (Å²) >= 11 is 0. The number of amides is 1. The zero-order chi connectivity index (χ0) is 16.7. The molecule has 0 spiro atoms. The van der Waals surface area contributed by atoms with Crippen molar-refractivity contribution in [3.63, 3.8) is 0 Å². The second kappa shape index (κ2) is 5.24. The Labute approximate surface area is 129 Å². The largest absolute Gasteiger partial charge is 0.370 e. The first-order valence-electron chi connectivity index (χ1n) is 6.85. The maximum atomic E-state index is 12.7. The molecule has 0 radical (unpaired) electrons. The number of sulfone groups is 1. The maximum Gasteiger partial charge on any atom is 0.280 e. The van der Waals surface area contributed by atoms with Crippen molar-refractivity contribution in [2.75, 3.05) is 0 Å². The predicted octanol–water partition coefficient (Wildman–Crippen LogP) is 1.24. The van der Waals surface area contributed by atoms with Crippen LogP contribution in [0.15, 0.2) is 28.1 Å². The normalized spacial score (nSPS) is 17.6. The Hall–Kier alpha value is -2.15. The molecule has 4 N–H and O–H groups in total. The van der Waals surface area contributed by atoms with E-state index < -0.39 is 20.5 Å². The molecular formula is C15H19N3O3S. The number of hydrogen-bond acceptors (Lipinski definition) is 3. The highest BCUT2D eigenvalue weighted by atomic mass is 32.2. The van der Waals surface area contributed by atoms with Gasteiger partial charge in [-0.3, -0.25) is 4.79 Å². The van der Waals surface area contributed by atoms with Crippen LogP contribution in [0.3, 0.4) is 0 Å². The molecule has 2 rings (SSSR count). The van der Waals surface area contributed by atoms with E-state index in [9.17, 15) is 13.2 Å². The van der Waals surface area contributed by atoms with Crippen molar-refractivity contribution in [2.45, 2.75) is 36.8 Å². The molecule has 0 saturated carbocycles. The third-order valence-electron chi connectivity index (χ3n) is 3.72. The summed E-state index contributed by atoms with van der Waals surface area (Å²) < 4.78 is 24.3. The Balaban J connectivity index is 2.74. The van der Waals surface area contributed by atoms with Gasteiger partial charge in [0.15, 0.2) is 15.8 Å². The van der Waals surface area contributed by atoms with E-state index in [0.717, 1.165) is 0 Å². The number of aliphatic imine (C=N–C) groups is 1. The average molecular weight is 321 g/mol. The minimum atomic E-state index is -3.58. The fraction of sp³-hybridized carbons (Fsp3) is 0.333. The van der Waals surface area contributed by atoms with Crippen LogP contribution >= 0.6 is 0 Å². The smallest absolute Gasteiger partial charge is 0.280 e. The summed E-state index contributed by atoms with van der Waals surface area (Å²) in [5, 5.41) is 0. The van der Waals surface area contributed by atoms with E-state index in [2.05, 4.69) is 4.99 Å². The highest BCUT2D eigenvalue weighted by Crippen LogP contribution is 2.36. The first-order chi connectivity index (χ1) is 10.1. The SMILES string of the molecule is CCc1cc2c(cc1C(=O)N=C(N)N)S(=O)(=O)C(C)(C)C=C2. The number of nitrogens with zero attached hydrogens (tertiary/aromatic N) is 1. The van der Waals surface area contributed by atoms with E-state index in [4.69, 9.17) is 11.5 Å². The van der Waals surface area contributed by atoms with Gasteiger partial charge in [0, 0.05) is 5.56 Å². The quantitative estimate of drug-likeness (QED) is 0.628. The van der Waals surface area contributed by atoms with Crippen molar-refractivity contribution >= 4 is 27.8 Å². The van der Waals surface area contributed by atoms with Crippen LogP contribution in [0, 0.1) is 0 Å². The van der Waals surface area contributed by atoms with E-state index >= 15 is 0 Å². The monoisotopic (exact) mass is 321 g/mol. The molecule has 118 valence electrons. The fourth-order valence-electron chi connectivity index (χ4n) is 2.34. The Morgan fingerprint density at radius 2 is 1.91 bits per heavy atom. The van der Waals surface area contributed by atoms with E-state index in [0.29, 0.717) is 17.5 Å². The van der Waals surface area contributed by atoms with E-state index in [1.54, 1.807) is 32.1 Å². The second-order valence-electron chi connectivity index (χ2n) is 5.68. The standard InChI is InChI=1S/C15H19N3O3S/c1-4-9-7-10-5-6-15(2,3)22(20,21)12(10)8-11(9)13(19)18-14(16)17/h5-8H,4H2,1-3H3,(H4,16,17,18,19). The topological polar surface area (TPSA) is 116 Å². The molecule has 1 aliphatic rings. The van der Waals surface area contributed by atoms with Gasteiger partial charge in [-0.2, -0.15) is 4.99 Å². The Morgan fingerprint density at radius 1 is 1.27 bits per heavy atom. The van der Waals surface area contributed by atoms with Crippen molar-refractivity contribution in [3.8, 4) is 0 Å². The number of carbonyl (C=O) groups is 1. The summed E-state index contributed by atoms with van der Waals surface area (Å²) in [6.45, 7) is 5.11. The van der Waals surface area contributed by atoms with Crippen LogP contribution in [-0.4, -0.2) is 25.0 Å². The number of carbonyl (C=O) groups excluding carboxylic acids is 1. The molecule has 0 atom stereocenters. The average Bonchev–Trinajstić information content (AvgIpc) is 2.41. The molecule has 0 fully saturated rings. The third kappa shape index (κ3) is 2.52. The minimum absolute atomic E-state index is 0.131. The number of guanidine groups is 1. The molecule has 0 unspecified atom stereocenters. The van der Waals surface area contributed by atoms with Crippen LogP contribution in [0.25, 0.3) is 6.08 Å². The number of benzene rings is 1.